The summed E-state index contributed by atoms with van der Waals surface area (Å²) in [5, 5.41) is 2.93. The quantitative estimate of drug-likeness (QED) is 0.819. The number of aryl methyl sites for hydroxylation is 1. The number of hydrogen-bond donors (Lipinski definition) is 1. The van der Waals surface area contributed by atoms with Crippen LogP contribution in [0.5, 0.6) is 0 Å². The Morgan fingerprint density at radius 2 is 2.06 bits per heavy atom. The summed E-state index contributed by atoms with van der Waals surface area (Å²) in [6.45, 7) is 6.87. The number of halogens is 1. The second kappa shape index (κ2) is 7.52. The van der Waals surface area contributed by atoms with Gasteiger partial charge in [-0.3, -0.25) is 4.79 Å². The van der Waals surface area contributed by atoms with Crippen molar-refractivity contribution in [1.29, 1.82) is 0 Å². The van der Waals surface area contributed by atoms with Crippen molar-refractivity contribution in [1.82, 2.24) is 10.3 Å². The maximum Gasteiger partial charge on any atom is 0.269 e. The first-order valence-corrected chi connectivity index (χ1v) is 7.36. The van der Waals surface area contributed by atoms with Crippen molar-refractivity contribution in [2.45, 2.75) is 38.4 Å². The smallest absolute Gasteiger partial charge is 0.269 e. The normalized spacial score (nSPS) is 12.5. The van der Waals surface area contributed by atoms with Crippen molar-refractivity contribution in [2.75, 3.05) is 6.54 Å². The van der Waals surface area contributed by atoms with E-state index in [1.54, 1.807) is 6.07 Å². The van der Waals surface area contributed by atoms with Crippen molar-refractivity contribution in [3.8, 4) is 0 Å². The number of carbonyl (C=O) groups is 1. The highest BCUT2D eigenvalue weighted by Gasteiger charge is 2.16. The Kier molecular flexibility index (Phi) is 6.33. The summed E-state index contributed by atoms with van der Waals surface area (Å²) in [5.74, 6) is 0.491. The SMILES string of the molecule is CCC(CC)C(Br)CNC(=O)c1cccc(C)n1. The molecule has 0 saturated carbocycles. The highest BCUT2D eigenvalue weighted by Crippen LogP contribution is 2.19. The van der Waals surface area contributed by atoms with Crippen molar-refractivity contribution in [3.05, 3.63) is 29.6 Å². The molecule has 3 nitrogen and oxygen atoms in total. The number of hydrogen-bond acceptors (Lipinski definition) is 2. The Balaban J connectivity index is 2.51. The van der Waals surface area contributed by atoms with Crippen LogP contribution in [0.3, 0.4) is 0 Å². The first-order valence-electron chi connectivity index (χ1n) is 6.44. The van der Waals surface area contributed by atoms with Crippen LogP contribution >= 0.6 is 15.9 Å². The predicted molar refractivity (Wildman–Crippen MR) is 78.1 cm³/mol. The molecule has 0 radical (unpaired) electrons. The Morgan fingerprint density at radius 1 is 1.39 bits per heavy atom. The Labute approximate surface area is 118 Å². The molecule has 1 heterocycles. The molecule has 1 aromatic rings. The van der Waals surface area contributed by atoms with Crippen LogP contribution in [0.25, 0.3) is 0 Å². The van der Waals surface area contributed by atoms with E-state index in [0.29, 0.717) is 23.0 Å². The molecule has 18 heavy (non-hydrogen) atoms. The lowest BCUT2D eigenvalue weighted by Crippen LogP contribution is -2.33. The fourth-order valence-corrected chi connectivity index (χ4v) is 2.83. The van der Waals surface area contributed by atoms with Gasteiger partial charge < -0.3 is 5.32 Å². The number of alkyl halides is 1. The van der Waals surface area contributed by atoms with Crippen molar-refractivity contribution in [2.24, 2.45) is 5.92 Å². The summed E-state index contributed by atoms with van der Waals surface area (Å²) < 4.78 is 0. The molecular formula is C14H21BrN2O. The van der Waals surface area contributed by atoms with Gasteiger partial charge in [0.25, 0.3) is 5.91 Å². The van der Waals surface area contributed by atoms with Gasteiger partial charge in [0.2, 0.25) is 0 Å². The van der Waals surface area contributed by atoms with E-state index in [4.69, 9.17) is 0 Å². The molecule has 0 aliphatic rings. The average Bonchev–Trinajstić information content (AvgIpc) is 2.37. The van der Waals surface area contributed by atoms with E-state index in [2.05, 4.69) is 40.1 Å². The van der Waals surface area contributed by atoms with Gasteiger partial charge in [0, 0.05) is 17.1 Å². The van der Waals surface area contributed by atoms with Gasteiger partial charge in [0.15, 0.2) is 0 Å². The van der Waals surface area contributed by atoms with Gasteiger partial charge >= 0.3 is 0 Å². The molecule has 0 bridgehead atoms. The van der Waals surface area contributed by atoms with Crippen LogP contribution in [-0.2, 0) is 0 Å². The molecule has 4 heteroatoms. The number of nitrogens with one attached hydrogen (secondary N) is 1. The summed E-state index contributed by atoms with van der Waals surface area (Å²) in [7, 11) is 0. The number of aromatic nitrogens is 1. The summed E-state index contributed by atoms with van der Waals surface area (Å²) in [5.41, 5.74) is 1.34. The van der Waals surface area contributed by atoms with Gasteiger partial charge in [0.1, 0.15) is 5.69 Å². The fourth-order valence-electron chi connectivity index (χ4n) is 1.92. The Bertz CT molecular complexity index is 391. The molecule has 0 aliphatic carbocycles. The minimum atomic E-state index is -0.103. The molecule has 100 valence electrons. The Morgan fingerprint density at radius 3 is 2.61 bits per heavy atom. The molecule has 0 spiro atoms. The lowest BCUT2D eigenvalue weighted by Gasteiger charge is -2.19. The molecule has 0 aliphatic heterocycles. The van der Waals surface area contributed by atoms with Crippen LogP contribution in [0.1, 0.15) is 42.9 Å². The maximum atomic E-state index is 11.9. The minimum Gasteiger partial charge on any atom is -0.350 e. The van der Waals surface area contributed by atoms with Gasteiger partial charge in [0.05, 0.1) is 0 Å². The first-order chi connectivity index (χ1) is 8.58. The predicted octanol–water partition coefficient (Wildman–Crippen LogP) is 3.32. The van der Waals surface area contributed by atoms with E-state index in [-0.39, 0.29) is 5.91 Å². The highest BCUT2D eigenvalue weighted by molar-refractivity contribution is 9.09. The van der Waals surface area contributed by atoms with E-state index in [1.807, 2.05) is 19.1 Å². The second-order valence-electron chi connectivity index (χ2n) is 4.47. The van der Waals surface area contributed by atoms with Crippen molar-refractivity contribution >= 4 is 21.8 Å². The molecule has 1 unspecified atom stereocenters. The molecule has 1 atom stereocenters. The van der Waals surface area contributed by atoms with Gasteiger partial charge in [-0.15, -0.1) is 0 Å². The van der Waals surface area contributed by atoms with Crippen LogP contribution in [0.15, 0.2) is 18.2 Å². The molecule has 0 saturated heterocycles. The average molecular weight is 313 g/mol. The molecule has 0 fully saturated rings. The van der Waals surface area contributed by atoms with Crippen LogP contribution in [-0.4, -0.2) is 22.3 Å². The topological polar surface area (TPSA) is 42.0 Å². The van der Waals surface area contributed by atoms with Crippen LogP contribution < -0.4 is 5.32 Å². The third-order valence-electron chi connectivity index (χ3n) is 3.14. The highest BCUT2D eigenvalue weighted by atomic mass is 79.9. The number of amides is 1. The first kappa shape index (κ1) is 15.2. The molecular weight excluding hydrogens is 292 g/mol. The van der Waals surface area contributed by atoms with E-state index in [1.165, 1.54) is 0 Å². The Hall–Kier alpha value is -0.900. The zero-order valence-electron chi connectivity index (χ0n) is 11.2. The third kappa shape index (κ3) is 4.41. The van der Waals surface area contributed by atoms with Gasteiger partial charge in [-0.2, -0.15) is 0 Å². The molecule has 1 aromatic heterocycles. The largest absolute Gasteiger partial charge is 0.350 e. The molecule has 1 N–H and O–H groups in total. The molecule has 1 amide bonds. The number of pyridine rings is 1. The van der Waals surface area contributed by atoms with Crippen molar-refractivity contribution < 1.29 is 4.79 Å². The zero-order chi connectivity index (χ0) is 13.5. The van der Waals surface area contributed by atoms with E-state index >= 15 is 0 Å². The lowest BCUT2D eigenvalue weighted by atomic mass is 9.99. The van der Waals surface area contributed by atoms with E-state index in [9.17, 15) is 4.79 Å². The molecule has 1 rings (SSSR count). The fraction of sp³-hybridized carbons (Fsp3) is 0.571. The van der Waals surface area contributed by atoms with Gasteiger partial charge in [-0.1, -0.05) is 48.7 Å². The summed E-state index contributed by atoms with van der Waals surface area (Å²) in [4.78, 5) is 16.4. The summed E-state index contributed by atoms with van der Waals surface area (Å²) >= 11 is 3.65. The minimum absolute atomic E-state index is 0.103. The van der Waals surface area contributed by atoms with Crippen molar-refractivity contribution in [3.63, 3.8) is 0 Å². The van der Waals surface area contributed by atoms with E-state index < -0.39 is 0 Å². The van der Waals surface area contributed by atoms with Gasteiger partial charge in [-0.05, 0) is 25.0 Å². The van der Waals surface area contributed by atoms with Crippen LogP contribution in [0.4, 0.5) is 0 Å². The second-order valence-corrected chi connectivity index (χ2v) is 5.64. The number of carbonyl (C=O) groups excluding carboxylic acids is 1. The monoisotopic (exact) mass is 312 g/mol. The maximum absolute atomic E-state index is 11.9. The van der Waals surface area contributed by atoms with Gasteiger partial charge in [-0.25, -0.2) is 4.98 Å². The zero-order valence-corrected chi connectivity index (χ0v) is 12.8. The summed E-state index contributed by atoms with van der Waals surface area (Å²) in [6, 6.07) is 5.47. The van der Waals surface area contributed by atoms with Crippen LogP contribution in [0, 0.1) is 12.8 Å². The third-order valence-corrected chi connectivity index (χ3v) is 4.21. The number of nitrogens with zero attached hydrogens (tertiary/aromatic N) is 1. The van der Waals surface area contributed by atoms with Crippen LogP contribution in [0.2, 0.25) is 0 Å². The lowest BCUT2D eigenvalue weighted by molar-refractivity contribution is 0.0947. The summed E-state index contributed by atoms with van der Waals surface area (Å²) in [6.07, 6.45) is 2.23. The number of rotatable bonds is 6. The molecule has 0 aromatic carbocycles. The van der Waals surface area contributed by atoms with E-state index in [0.717, 1.165) is 18.5 Å². The standard InChI is InChI=1S/C14H21BrN2O/c1-4-11(5-2)12(15)9-16-14(18)13-8-6-7-10(3)17-13/h6-8,11-12H,4-5,9H2,1-3H3,(H,16,18).